The van der Waals surface area contributed by atoms with Crippen molar-refractivity contribution in [3.05, 3.63) is 42.1 Å². The van der Waals surface area contributed by atoms with Crippen LogP contribution in [0.5, 0.6) is 5.75 Å². The Bertz CT molecular complexity index is 752. The van der Waals surface area contributed by atoms with Crippen molar-refractivity contribution in [3.8, 4) is 5.75 Å². The van der Waals surface area contributed by atoms with Crippen molar-refractivity contribution in [3.63, 3.8) is 0 Å². The Morgan fingerprint density at radius 3 is 2.68 bits per heavy atom. The van der Waals surface area contributed by atoms with Crippen LogP contribution in [0.25, 0.3) is 0 Å². The molecule has 2 N–H and O–H groups in total. The Balaban J connectivity index is 1.29. The topological polar surface area (TPSA) is 79.9 Å². The Hall–Kier alpha value is -2.54. The van der Waals surface area contributed by atoms with Crippen LogP contribution in [0.15, 0.2) is 42.1 Å². The summed E-state index contributed by atoms with van der Waals surface area (Å²) in [5, 5.41) is 2.94. The third-order valence-corrected chi connectivity index (χ3v) is 5.59. The van der Waals surface area contributed by atoms with Crippen LogP contribution in [0.4, 0.5) is 0 Å². The van der Waals surface area contributed by atoms with E-state index in [0.29, 0.717) is 43.3 Å². The number of ether oxygens (including phenoxy) is 1. The second-order valence-electron chi connectivity index (χ2n) is 7.88. The van der Waals surface area contributed by atoms with Gasteiger partial charge in [-0.1, -0.05) is 18.2 Å². The summed E-state index contributed by atoms with van der Waals surface area (Å²) in [6.45, 7) is 3.63. The van der Waals surface area contributed by atoms with E-state index in [4.69, 9.17) is 9.57 Å². The molecule has 0 bridgehead atoms. The van der Waals surface area contributed by atoms with Crippen molar-refractivity contribution in [2.75, 3.05) is 19.6 Å². The largest absolute Gasteiger partial charge is 0.481 e. The average molecular weight is 385 g/mol. The van der Waals surface area contributed by atoms with Gasteiger partial charge in [-0.3, -0.25) is 19.9 Å². The van der Waals surface area contributed by atoms with E-state index >= 15 is 0 Å². The van der Waals surface area contributed by atoms with Crippen LogP contribution < -0.4 is 15.5 Å². The predicted octanol–water partition coefficient (Wildman–Crippen LogP) is 1.76. The van der Waals surface area contributed by atoms with Crippen molar-refractivity contribution in [2.24, 2.45) is 5.92 Å². The van der Waals surface area contributed by atoms with E-state index in [-0.39, 0.29) is 11.8 Å². The number of carbonyl (C=O) groups excluding carboxylic acids is 2. The molecule has 7 heteroatoms. The molecule has 2 heterocycles. The van der Waals surface area contributed by atoms with Gasteiger partial charge >= 0.3 is 0 Å². The summed E-state index contributed by atoms with van der Waals surface area (Å²) in [4.78, 5) is 32.5. The summed E-state index contributed by atoms with van der Waals surface area (Å²) in [6.07, 6.45) is 5.01. The summed E-state index contributed by atoms with van der Waals surface area (Å²) in [7, 11) is 0. The monoisotopic (exact) mass is 385 g/mol. The van der Waals surface area contributed by atoms with Gasteiger partial charge in [0.25, 0.3) is 11.8 Å². The Labute approximate surface area is 165 Å². The SMILES string of the molecule is CC(Oc1ccccc1)C(=O)N1CCC2(C=C(C(=O)NCC3CC3)NO2)CC1. The molecule has 2 fully saturated rings. The van der Waals surface area contributed by atoms with E-state index in [0.717, 1.165) is 6.54 Å². The number of para-hydroxylation sites is 1. The lowest BCUT2D eigenvalue weighted by Crippen LogP contribution is -2.50. The number of likely N-dealkylation sites (tertiary alicyclic amines) is 1. The van der Waals surface area contributed by atoms with Crippen molar-refractivity contribution < 1.29 is 19.2 Å². The average Bonchev–Trinajstić information content (AvgIpc) is 3.46. The fourth-order valence-corrected chi connectivity index (χ4v) is 3.61. The molecule has 1 aromatic rings. The number of nitrogens with one attached hydrogen (secondary N) is 2. The number of benzene rings is 1. The minimum absolute atomic E-state index is 0.0314. The molecule has 2 amide bonds. The highest BCUT2D eigenvalue weighted by molar-refractivity contribution is 5.93. The van der Waals surface area contributed by atoms with Crippen LogP contribution in [-0.2, 0) is 14.4 Å². The van der Waals surface area contributed by atoms with Gasteiger partial charge in [0, 0.05) is 32.5 Å². The maximum absolute atomic E-state index is 12.7. The molecule has 7 nitrogen and oxygen atoms in total. The zero-order valence-electron chi connectivity index (χ0n) is 16.1. The van der Waals surface area contributed by atoms with E-state index in [1.165, 1.54) is 12.8 Å². The van der Waals surface area contributed by atoms with Gasteiger partial charge in [-0.05, 0) is 43.9 Å². The second kappa shape index (κ2) is 7.83. The third-order valence-electron chi connectivity index (χ3n) is 5.59. The highest BCUT2D eigenvalue weighted by Gasteiger charge is 2.41. The molecule has 150 valence electrons. The number of carbonyl (C=O) groups is 2. The minimum Gasteiger partial charge on any atom is -0.481 e. The lowest BCUT2D eigenvalue weighted by atomic mass is 9.90. The highest BCUT2D eigenvalue weighted by Crippen LogP contribution is 2.32. The molecule has 2 aliphatic heterocycles. The molecule has 4 rings (SSSR count). The number of nitrogens with zero attached hydrogens (tertiary/aromatic N) is 1. The fraction of sp³-hybridized carbons (Fsp3) is 0.524. The molecule has 1 aliphatic carbocycles. The third kappa shape index (κ3) is 4.30. The van der Waals surface area contributed by atoms with Crippen LogP contribution in [0.3, 0.4) is 0 Å². The Morgan fingerprint density at radius 2 is 2.00 bits per heavy atom. The fourth-order valence-electron chi connectivity index (χ4n) is 3.61. The lowest BCUT2D eigenvalue weighted by molar-refractivity contribution is -0.143. The van der Waals surface area contributed by atoms with E-state index in [1.54, 1.807) is 11.8 Å². The summed E-state index contributed by atoms with van der Waals surface area (Å²) in [6, 6.07) is 9.35. The summed E-state index contributed by atoms with van der Waals surface area (Å²) in [5.74, 6) is 1.17. The molecule has 1 unspecified atom stereocenters. The summed E-state index contributed by atoms with van der Waals surface area (Å²) < 4.78 is 5.75. The van der Waals surface area contributed by atoms with E-state index in [2.05, 4.69) is 10.8 Å². The van der Waals surface area contributed by atoms with Crippen molar-refractivity contribution in [1.82, 2.24) is 15.7 Å². The van der Waals surface area contributed by atoms with Crippen LogP contribution in [0.1, 0.15) is 32.6 Å². The Kier molecular flexibility index (Phi) is 5.26. The van der Waals surface area contributed by atoms with Gasteiger partial charge in [0.2, 0.25) is 0 Å². The van der Waals surface area contributed by atoms with Gasteiger partial charge in [-0.25, -0.2) is 0 Å². The van der Waals surface area contributed by atoms with Crippen molar-refractivity contribution in [1.29, 1.82) is 0 Å². The maximum Gasteiger partial charge on any atom is 0.269 e. The molecule has 1 atom stereocenters. The zero-order valence-corrected chi connectivity index (χ0v) is 16.1. The van der Waals surface area contributed by atoms with Crippen molar-refractivity contribution in [2.45, 2.75) is 44.3 Å². The van der Waals surface area contributed by atoms with Crippen LogP contribution in [0, 0.1) is 5.92 Å². The van der Waals surface area contributed by atoms with Gasteiger partial charge in [-0.2, -0.15) is 0 Å². The van der Waals surface area contributed by atoms with Gasteiger partial charge < -0.3 is 15.0 Å². The quantitative estimate of drug-likeness (QED) is 0.780. The van der Waals surface area contributed by atoms with Crippen LogP contribution in [0.2, 0.25) is 0 Å². The first-order valence-corrected chi connectivity index (χ1v) is 10.0. The Morgan fingerprint density at radius 1 is 1.29 bits per heavy atom. The molecule has 1 saturated heterocycles. The first kappa shape index (κ1) is 18.8. The number of hydroxylamine groups is 1. The molecule has 1 saturated carbocycles. The number of hydrogen-bond donors (Lipinski definition) is 2. The number of hydrogen-bond acceptors (Lipinski definition) is 5. The van der Waals surface area contributed by atoms with E-state index in [1.807, 2.05) is 36.4 Å². The predicted molar refractivity (Wildman–Crippen MR) is 103 cm³/mol. The smallest absolute Gasteiger partial charge is 0.269 e. The van der Waals surface area contributed by atoms with Gasteiger partial charge in [0.05, 0.1) is 0 Å². The second-order valence-corrected chi connectivity index (χ2v) is 7.88. The highest BCUT2D eigenvalue weighted by atomic mass is 16.7. The molecule has 1 aromatic carbocycles. The lowest BCUT2D eigenvalue weighted by Gasteiger charge is -2.37. The molecule has 0 aromatic heterocycles. The van der Waals surface area contributed by atoms with Crippen LogP contribution in [-0.4, -0.2) is 48.1 Å². The van der Waals surface area contributed by atoms with Gasteiger partial charge in [0.15, 0.2) is 6.10 Å². The molecule has 28 heavy (non-hydrogen) atoms. The van der Waals surface area contributed by atoms with Gasteiger partial charge in [0.1, 0.15) is 17.0 Å². The minimum atomic E-state index is -0.543. The number of piperidine rings is 1. The van der Waals surface area contributed by atoms with Crippen LogP contribution >= 0.6 is 0 Å². The molecule has 1 spiro atoms. The molecule has 3 aliphatic rings. The van der Waals surface area contributed by atoms with E-state index < -0.39 is 11.7 Å². The summed E-state index contributed by atoms with van der Waals surface area (Å²) >= 11 is 0. The number of rotatable bonds is 6. The molecular weight excluding hydrogens is 358 g/mol. The normalized spacial score (nSPS) is 21.6. The van der Waals surface area contributed by atoms with E-state index in [9.17, 15) is 9.59 Å². The number of amides is 2. The maximum atomic E-state index is 12.7. The molecule has 0 radical (unpaired) electrons. The standard InChI is InChI=1S/C21H27N3O4/c1-15(27-17-5-3-2-4-6-17)20(26)24-11-9-21(10-12-24)13-18(23-28-21)19(25)22-14-16-7-8-16/h2-6,13,15-16,23H,7-12,14H2,1H3,(H,22,25). The zero-order chi connectivity index (χ0) is 19.6. The molecular formula is C21H27N3O4. The summed E-state index contributed by atoms with van der Waals surface area (Å²) in [5.41, 5.74) is 2.73. The van der Waals surface area contributed by atoms with Gasteiger partial charge in [-0.15, -0.1) is 0 Å². The first-order valence-electron chi connectivity index (χ1n) is 10.0. The first-order chi connectivity index (χ1) is 13.5. The van der Waals surface area contributed by atoms with Crippen molar-refractivity contribution >= 4 is 11.8 Å².